The van der Waals surface area contributed by atoms with Crippen molar-refractivity contribution >= 4 is 18.4 Å². The topological polar surface area (TPSA) is 101 Å². The van der Waals surface area contributed by atoms with Gasteiger partial charge in [0.05, 0.1) is 7.11 Å². The SMILES string of the molecule is COc1ccccc1C(=O)Oc1ccc2c3c1OC1C(OC(=O)c4ccccc4OC=O)=CCC4C(C2)N(C)CCC314. The van der Waals surface area contributed by atoms with Crippen LogP contribution < -0.4 is 18.9 Å². The van der Waals surface area contributed by atoms with Crippen LogP contribution in [0.25, 0.3) is 0 Å². The molecule has 4 unspecified atom stereocenters. The van der Waals surface area contributed by atoms with Crippen molar-refractivity contribution in [3.63, 3.8) is 0 Å². The van der Waals surface area contributed by atoms with E-state index < -0.39 is 23.5 Å². The van der Waals surface area contributed by atoms with Crippen LogP contribution in [-0.2, 0) is 21.4 Å². The molecule has 42 heavy (non-hydrogen) atoms. The number of nitrogens with zero attached hydrogens (tertiary/aromatic N) is 1. The van der Waals surface area contributed by atoms with E-state index in [0.29, 0.717) is 41.0 Å². The minimum atomic E-state index is -0.642. The molecule has 0 aromatic heterocycles. The van der Waals surface area contributed by atoms with Crippen molar-refractivity contribution < 1.29 is 38.1 Å². The third-order valence-corrected chi connectivity index (χ3v) is 9.23. The Morgan fingerprint density at radius 1 is 0.952 bits per heavy atom. The molecule has 3 aromatic carbocycles. The summed E-state index contributed by atoms with van der Waals surface area (Å²) in [6, 6.07) is 17.4. The largest absolute Gasteiger partial charge is 0.496 e. The van der Waals surface area contributed by atoms with Gasteiger partial charge in [-0.2, -0.15) is 0 Å². The molecule has 1 fully saturated rings. The highest BCUT2D eigenvalue weighted by molar-refractivity contribution is 5.95. The zero-order valence-corrected chi connectivity index (χ0v) is 23.2. The van der Waals surface area contributed by atoms with Crippen molar-refractivity contribution in [3.8, 4) is 23.0 Å². The van der Waals surface area contributed by atoms with E-state index in [0.717, 1.165) is 30.5 Å². The van der Waals surface area contributed by atoms with E-state index in [1.165, 1.54) is 13.2 Å². The minimum absolute atomic E-state index is 0.116. The first-order chi connectivity index (χ1) is 20.5. The molecule has 0 N–H and O–H groups in total. The monoisotopic (exact) mass is 567 g/mol. The molecule has 4 aliphatic rings. The second kappa shape index (κ2) is 10.0. The number of hydrogen-bond acceptors (Lipinski definition) is 9. The lowest BCUT2D eigenvalue weighted by atomic mass is 9.53. The molecule has 3 aromatic rings. The molecular weight excluding hydrogens is 538 g/mol. The zero-order valence-electron chi connectivity index (χ0n) is 23.2. The number of hydrogen-bond donors (Lipinski definition) is 0. The van der Waals surface area contributed by atoms with E-state index in [4.69, 9.17) is 23.7 Å². The van der Waals surface area contributed by atoms with Crippen LogP contribution >= 0.6 is 0 Å². The van der Waals surface area contributed by atoms with Gasteiger partial charge in [-0.15, -0.1) is 0 Å². The molecule has 4 atom stereocenters. The summed E-state index contributed by atoms with van der Waals surface area (Å²) in [6.45, 7) is 1.13. The van der Waals surface area contributed by atoms with Gasteiger partial charge in [-0.05, 0) is 80.7 Å². The van der Waals surface area contributed by atoms with Crippen LogP contribution in [0, 0.1) is 5.92 Å². The van der Waals surface area contributed by atoms with Crippen molar-refractivity contribution in [1.29, 1.82) is 0 Å². The third kappa shape index (κ3) is 3.84. The van der Waals surface area contributed by atoms with Crippen LogP contribution in [0.4, 0.5) is 0 Å². The van der Waals surface area contributed by atoms with Gasteiger partial charge in [-0.3, -0.25) is 4.79 Å². The fourth-order valence-corrected chi connectivity index (χ4v) is 7.40. The highest BCUT2D eigenvalue weighted by Crippen LogP contribution is 2.64. The predicted octanol–water partition coefficient (Wildman–Crippen LogP) is 4.47. The number of para-hydroxylation sites is 2. The Kier molecular flexibility index (Phi) is 6.27. The van der Waals surface area contributed by atoms with Crippen LogP contribution in [0.15, 0.2) is 72.5 Å². The summed E-state index contributed by atoms with van der Waals surface area (Å²) < 4.78 is 29.1. The summed E-state index contributed by atoms with van der Waals surface area (Å²) in [5, 5.41) is 0. The van der Waals surface area contributed by atoms with E-state index in [9.17, 15) is 14.4 Å². The molecule has 7 rings (SSSR count). The fraction of sp³-hybridized carbons (Fsp3) is 0.303. The molecule has 2 aliphatic carbocycles. The Balaban J connectivity index is 1.28. The number of allylic oxidation sites excluding steroid dienone is 1. The van der Waals surface area contributed by atoms with Crippen LogP contribution in [0.3, 0.4) is 0 Å². The Hall–Kier alpha value is -4.63. The summed E-state index contributed by atoms with van der Waals surface area (Å²) in [5.74, 6) is 0.806. The average molecular weight is 568 g/mol. The van der Waals surface area contributed by atoms with E-state index in [-0.39, 0.29) is 23.7 Å². The van der Waals surface area contributed by atoms with Gasteiger partial charge >= 0.3 is 11.9 Å². The Morgan fingerprint density at radius 2 is 1.67 bits per heavy atom. The number of rotatable bonds is 7. The van der Waals surface area contributed by atoms with Gasteiger partial charge in [0.1, 0.15) is 28.4 Å². The van der Waals surface area contributed by atoms with Crippen molar-refractivity contribution in [2.75, 3.05) is 20.7 Å². The highest BCUT2D eigenvalue weighted by atomic mass is 16.6. The maximum absolute atomic E-state index is 13.4. The first-order valence-corrected chi connectivity index (χ1v) is 14.0. The minimum Gasteiger partial charge on any atom is -0.496 e. The number of methoxy groups -OCH3 is 1. The Labute approximate surface area is 242 Å². The number of piperidine rings is 1. The van der Waals surface area contributed by atoms with Crippen LogP contribution in [-0.4, -0.2) is 56.2 Å². The molecule has 0 amide bonds. The standard InChI is InChI=1S/C33H29NO8/c1-34-16-15-33-22-12-14-27(41-32(37)21-8-4-6-10-25(21)39-18-35)30(33)42-29-26(13-11-19(28(29)33)17-23(22)34)40-31(36)20-7-3-5-9-24(20)38-2/h3-11,13-14,18,22-23,30H,12,15-17H2,1-2H3. The lowest BCUT2D eigenvalue weighted by Crippen LogP contribution is -2.63. The summed E-state index contributed by atoms with van der Waals surface area (Å²) in [4.78, 5) is 40.1. The molecule has 0 radical (unpaired) electrons. The molecule has 2 aliphatic heterocycles. The van der Waals surface area contributed by atoms with Crippen LogP contribution in [0.2, 0.25) is 0 Å². The maximum atomic E-state index is 13.4. The van der Waals surface area contributed by atoms with E-state index in [1.54, 1.807) is 48.5 Å². The molecule has 214 valence electrons. The number of likely N-dealkylation sites (tertiary alicyclic amines) is 1. The first kappa shape index (κ1) is 26.3. The summed E-state index contributed by atoms with van der Waals surface area (Å²) in [6.07, 6.45) is 3.70. The number of esters is 2. The number of likely N-dealkylation sites (N-methyl/N-ethyl adjacent to an activating group) is 1. The molecule has 1 spiro atoms. The fourth-order valence-electron chi connectivity index (χ4n) is 7.40. The van der Waals surface area contributed by atoms with Gasteiger partial charge in [0.15, 0.2) is 17.6 Å². The normalized spacial score (nSPS) is 24.9. The number of carbonyl (C=O) groups is 3. The van der Waals surface area contributed by atoms with Gasteiger partial charge in [0.2, 0.25) is 0 Å². The predicted molar refractivity (Wildman–Crippen MR) is 150 cm³/mol. The lowest BCUT2D eigenvalue weighted by molar-refractivity contribution is -0.120. The lowest BCUT2D eigenvalue weighted by Gasteiger charge is -2.56. The van der Waals surface area contributed by atoms with Gasteiger partial charge in [0.25, 0.3) is 6.47 Å². The van der Waals surface area contributed by atoms with Crippen molar-refractivity contribution in [2.24, 2.45) is 5.92 Å². The van der Waals surface area contributed by atoms with Gasteiger partial charge in [-0.25, -0.2) is 9.59 Å². The summed E-state index contributed by atoms with van der Waals surface area (Å²) >= 11 is 0. The molecule has 9 nitrogen and oxygen atoms in total. The van der Waals surface area contributed by atoms with Crippen LogP contribution in [0.1, 0.15) is 44.7 Å². The molecule has 2 heterocycles. The molecule has 0 saturated carbocycles. The first-order valence-electron chi connectivity index (χ1n) is 14.0. The van der Waals surface area contributed by atoms with Crippen molar-refractivity contribution in [2.45, 2.75) is 36.8 Å². The summed E-state index contributed by atoms with van der Waals surface area (Å²) in [7, 11) is 3.66. The number of ether oxygens (including phenoxy) is 5. The third-order valence-electron chi connectivity index (χ3n) is 9.23. The second-order valence-electron chi connectivity index (χ2n) is 11.1. The van der Waals surface area contributed by atoms with E-state index in [2.05, 4.69) is 11.9 Å². The summed E-state index contributed by atoms with van der Waals surface area (Å²) in [5.41, 5.74) is 2.18. The Morgan fingerprint density at radius 3 is 2.43 bits per heavy atom. The smallest absolute Gasteiger partial charge is 0.347 e. The van der Waals surface area contributed by atoms with Gasteiger partial charge in [0, 0.05) is 17.0 Å². The molecule has 9 heteroatoms. The average Bonchev–Trinajstić information content (AvgIpc) is 3.36. The number of benzene rings is 3. The highest BCUT2D eigenvalue weighted by Gasteiger charge is 2.65. The molecular formula is C33H29NO8. The van der Waals surface area contributed by atoms with Gasteiger partial charge < -0.3 is 28.6 Å². The maximum Gasteiger partial charge on any atom is 0.347 e. The quantitative estimate of drug-likeness (QED) is 0.233. The van der Waals surface area contributed by atoms with E-state index >= 15 is 0 Å². The Bertz CT molecular complexity index is 1650. The molecule has 2 bridgehead atoms. The number of carbonyl (C=O) groups excluding carboxylic acids is 3. The van der Waals surface area contributed by atoms with Crippen molar-refractivity contribution in [1.82, 2.24) is 4.90 Å². The second-order valence-corrected chi connectivity index (χ2v) is 11.1. The van der Waals surface area contributed by atoms with Crippen molar-refractivity contribution in [3.05, 3.63) is 94.8 Å². The van der Waals surface area contributed by atoms with E-state index in [1.807, 2.05) is 12.1 Å². The zero-order chi connectivity index (χ0) is 29.0. The van der Waals surface area contributed by atoms with Crippen LogP contribution in [0.5, 0.6) is 23.0 Å². The van der Waals surface area contributed by atoms with Gasteiger partial charge in [-0.1, -0.05) is 30.3 Å². The molecule has 1 saturated heterocycles.